The third-order valence-electron chi connectivity index (χ3n) is 5.68. The molecule has 6 nitrogen and oxygen atoms in total. The maximum atomic E-state index is 13.6. The number of nitrogens with one attached hydrogen (secondary N) is 2. The fourth-order valence-electron chi connectivity index (χ4n) is 3.93. The van der Waals surface area contributed by atoms with Crippen molar-refractivity contribution in [1.29, 1.82) is 0 Å². The van der Waals surface area contributed by atoms with Gasteiger partial charge in [0.15, 0.2) is 5.65 Å². The summed E-state index contributed by atoms with van der Waals surface area (Å²) in [5, 5.41) is 10.1. The molecule has 0 spiro atoms. The molecule has 1 aliphatic carbocycles. The van der Waals surface area contributed by atoms with Crippen molar-refractivity contribution in [3.8, 4) is 0 Å². The minimum atomic E-state index is -2.67. The van der Waals surface area contributed by atoms with Crippen molar-refractivity contribution < 1.29 is 22.4 Å². The molecule has 0 unspecified atom stereocenters. The molecule has 0 radical (unpaired) electrons. The fourth-order valence-corrected chi connectivity index (χ4v) is 3.93. The molecule has 1 atom stereocenters. The Morgan fingerprint density at radius 1 is 1.22 bits per heavy atom. The first-order chi connectivity index (χ1) is 15.2. The van der Waals surface area contributed by atoms with Crippen LogP contribution in [-0.2, 0) is 0 Å². The monoisotopic (exact) mass is 449 g/mol. The van der Waals surface area contributed by atoms with Crippen LogP contribution in [0.4, 0.5) is 23.4 Å². The highest BCUT2D eigenvalue weighted by atomic mass is 19.3. The Balaban J connectivity index is 1.52. The summed E-state index contributed by atoms with van der Waals surface area (Å²) in [6, 6.07) is 4.24. The molecular formula is C22H23F4N5O. The lowest BCUT2D eigenvalue weighted by Gasteiger charge is -2.28. The number of benzene rings is 1. The quantitative estimate of drug-likeness (QED) is 0.527. The number of halogens is 4. The van der Waals surface area contributed by atoms with Gasteiger partial charge in [-0.25, -0.2) is 27.1 Å². The zero-order valence-corrected chi connectivity index (χ0v) is 17.4. The van der Waals surface area contributed by atoms with Gasteiger partial charge in [-0.2, -0.15) is 5.10 Å². The molecule has 2 heterocycles. The van der Waals surface area contributed by atoms with Crippen LogP contribution in [0.1, 0.15) is 61.0 Å². The second-order valence-electron chi connectivity index (χ2n) is 8.05. The van der Waals surface area contributed by atoms with E-state index in [-0.39, 0.29) is 42.9 Å². The number of carbonyl (C=O) groups excluding carboxylic acids is 1. The summed E-state index contributed by atoms with van der Waals surface area (Å²) in [5.74, 6) is -4.04. The van der Waals surface area contributed by atoms with E-state index in [1.54, 1.807) is 12.3 Å². The van der Waals surface area contributed by atoms with Gasteiger partial charge in [0.2, 0.25) is 5.92 Å². The predicted molar refractivity (Wildman–Crippen MR) is 111 cm³/mol. The predicted octanol–water partition coefficient (Wildman–Crippen LogP) is 4.88. The molecule has 0 saturated heterocycles. The summed E-state index contributed by atoms with van der Waals surface area (Å²) in [4.78, 5) is 17.2. The number of alkyl halides is 2. The molecule has 0 aliphatic heterocycles. The summed E-state index contributed by atoms with van der Waals surface area (Å²) in [6.45, 7) is 1.87. The number of rotatable bonds is 6. The van der Waals surface area contributed by atoms with E-state index >= 15 is 0 Å². The van der Waals surface area contributed by atoms with Crippen molar-refractivity contribution >= 4 is 17.4 Å². The van der Waals surface area contributed by atoms with Crippen LogP contribution in [0.15, 0.2) is 36.7 Å². The minimum absolute atomic E-state index is 0.209. The van der Waals surface area contributed by atoms with Gasteiger partial charge in [0.25, 0.3) is 5.91 Å². The van der Waals surface area contributed by atoms with Crippen LogP contribution in [-0.4, -0.2) is 32.5 Å². The van der Waals surface area contributed by atoms with Crippen molar-refractivity contribution in [3.05, 3.63) is 59.4 Å². The molecule has 1 saturated carbocycles. The van der Waals surface area contributed by atoms with Crippen molar-refractivity contribution in [2.24, 2.45) is 0 Å². The molecular weight excluding hydrogens is 426 g/mol. The van der Waals surface area contributed by atoms with Crippen molar-refractivity contribution in [2.75, 3.05) is 5.32 Å². The van der Waals surface area contributed by atoms with Gasteiger partial charge in [0.05, 0.1) is 12.2 Å². The average Bonchev–Trinajstić information content (AvgIpc) is 3.16. The number of aromatic nitrogens is 3. The summed E-state index contributed by atoms with van der Waals surface area (Å²) in [5.41, 5.74) is 0.942. The van der Waals surface area contributed by atoms with E-state index in [4.69, 9.17) is 0 Å². The number of nitrogens with zero attached hydrogens (tertiary/aromatic N) is 3. The largest absolute Gasteiger partial charge is 0.363 e. The number of fused-ring (bicyclic) bond motifs is 1. The maximum absolute atomic E-state index is 13.6. The maximum Gasteiger partial charge on any atom is 0.256 e. The van der Waals surface area contributed by atoms with Crippen LogP contribution in [0.2, 0.25) is 0 Å². The normalized spacial score (nSPS) is 17.3. The second-order valence-corrected chi connectivity index (χ2v) is 8.05. The van der Waals surface area contributed by atoms with E-state index in [1.165, 1.54) is 22.8 Å². The second kappa shape index (κ2) is 8.76. The van der Waals surface area contributed by atoms with Crippen LogP contribution in [0.5, 0.6) is 0 Å². The smallest absolute Gasteiger partial charge is 0.256 e. The SMILES string of the molecule is CC[C@H](Nc1ccn2ncc(C(=O)NC3CCC(F)(F)CC3)c2n1)c1cc(F)cc(F)c1. The summed E-state index contributed by atoms with van der Waals surface area (Å²) in [7, 11) is 0. The Bertz CT molecular complexity index is 1100. The first-order valence-electron chi connectivity index (χ1n) is 10.5. The Hall–Kier alpha value is -3.17. The number of hydrogen-bond acceptors (Lipinski definition) is 4. The zero-order valence-electron chi connectivity index (χ0n) is 17.4. The Morgan fingerprint density at radius 2 is 1.91 bits per heavy atom. The third kappa shape index (κ3) is 4.84. The number of amides is 1. The van der Waals surface area contributed by atoms with E-state index in [0.717, 1.165) is 6.07 Å². The highest BCUT2D eigenvalue weighted by Crippen LogP contribution is 2.33. The molecule has 1 fully saturated rings. The van der Waals surface area contributed by atoms with Crippen LogP contribution in [0, 0.1) is 11.6 Å². The van der Waals surface area contributed by atoms with E-state index in [1.807, 2.05) is 6.92 Å². The fraction of sp³-hybridized carbons (Fsp3) is 0.409. The number of hydrogen-bond donors (Lipinski definition) is 2. The molecule has 10 heteroatoms. The molecule has 1 aliphatic rings. The van der Waals surface area contributed by atoms with Crippen LogP contribution >= 0.6 is 0 Å². The molecule has 3 aromatic rings. The Labute approximate surface area is 182 Å². The van der Waals surface area contributed by atoms with E-state index in [0.29, 0.717) is 17.8 Å². The van der Waals surface area contributed by atoms with Gasteiger partial charge < -0.3 is 10.6 Å². The van der Waals surface area contributed by atoms with Gasteiger partial charge in [-0.15, -0.1) is 0 Å². The van der Waals surface area contributed by atoms with E-state index in [2.05, 4.69) is 20.7 Å². The van der Waals surface area contributed by atoms with E-state index < -0.39 is 29.5 Å². The highest BCUT2D eigenvalue weighted by molar-refractivity contribution is 5.99. The summed E-state index contributed by atoms with van der Waals surface area (Å²) >= 11 is 0. The van der Waals surface area contributed by atoms with Crippen molar-refractivity contribution in [1.82, 2.24) is 19.9 Å². The topological polar surface area (TPSA) is 71.3 Å². The number of carbonyl (C=O) groups is 1. The lowest BCUT2D eigenvalue weighted by atomic mass is 9.92. The zero-order chi connectivity index (χ0) is 22.9. The van der Waals surface area contributed by atoms with Crippen molar-refractivity contribution in [2.45, 2.75) is 57.0 Å². The molecule has 2 aromatic heterocycles. The summed E-state index contributed by atoms with van der Waals surface area (Å²) < 4.78 is 55.4. The molecule has 4 rings (SSSR count). The molecule has 1 aromatic carbocycles. The summed E-state index contributed by atoms with van der Waals surface area (Å²) in [6.07, 6.45) is 3.44. The lowest BCUT2D eigenvalue weighted by Crippen LogP contribution is -2.40. The first-order valence-corrected chi connectivity index (χ1v) is 10.5. The van der Waals surface area contributed by atoms with Gasteiger partial charge in [0, 0.05) is 31.1 Å². The molecule has 0 bridgehead atoms. The van der Waals surface area contributed by atoms with Crippen LogP contribution < -0.4 is 10.6 Å². The van der Waals surface area contributed by atoms with Gasteiger partial charge in [-0.3, -0.25) is 4.79 Å². The van der Waals surface area contributed by atoms with Crippen LogP contribution in [0.3, 0.4) is 0 Å². The van der Waals surface area contributed by atoms with Gasteiger partial charge in [0.1, 0.15) is 23.0 Å². The minimum Gasteiger partial charge on any atom is -0.363 e. The van der Waals surface area contributed by atoms with Gasteiger partial charge in [-0.05, 0) is 43.0 Å². The van der Waals surface area contributed by atoms with Crippen LogP contribution in [0.25, 0.3) is 5.65 Å². The van der Waals surface area contributed by atoms with Gasteiger partial charge in [-0.1, -0.05) is 6.92 Å². The van der Waals surface area contributed by atoms with Crippen molar-refractivity contribution in [3.63, 3.8) is 0 Å². The average molecular weight is 449 g/mol. The lowest BCUT2D eigenvalue weighted by molar-refractivity contribution is -0.0399. The molecule has 170 valence electrons. The third-order valence-corrected chi connectivity index (χ3v) is 5.68. The molecule has 2 N–H and O–H groups in total. The molecule has 32 heavy (non-hydrogen) atoms. The van der Waals surface area contributed by atoms with Gasteiger partial charge >= 0.3 is 0 Å². The first kappa shape index (κ1) is 22.0. The highest BCUT2D eigenvalue weighted by Gasteiger charge is 2.35. The Morgan fingerprint density at radius 3 is 2.56 bits per heavy atom. The number of anilines is 1. The van der Waals surface area contributed by atoms with E-state index in [9.17, 15) is 22.4 Å². The standard InChI is InChI=1S/C22H23F4N5O/c1-2-18(13-9-14(23)11-15(24)10-13)29-19-5-8-31-20(30-19)17(12-27-31)21(32)28-16-3-6-22(25,26)7-4-16/h5,8-12,16,18H,2-4,6-7H2,1H3,(H,28,32)(H,29,30)/t18-/m0/s1. The molecule has 1 amide bonds. The Kier molecular flexibility index (Phi) is 6.03.